The Bertz CT molecular complexity index is 976. The van der Waals surface area contributed by atoms with Crippen LogP contribution in [0.4, 0.5) is 0 Å². The Kier molecular flexibility index (Phi) is 4.21. The summed E-state index contributed by atoms with van der Waals surface area (Å²) in [7, 11) is 0. The van der Waals surface area contributed by atoms with Crippen molar-refractivity contribution >= 4 is 22.7 Å². The monoisotopic (exact) mass is 347 g/mol. The number of hydrogen-bond donors (Lipinski definition) is 2. The van der Waals surface area contributed by atoms with Crippen molar-refractivity contribution in [1.29, 1.82) is 0 Å². The van der Waals surface area contributed by atoms with Crippen molar-refractivity contribution in [1.82, 2.24) is 15.2 Å². The minimum absolute atomic E-state index is 0.0314. The van der Waals surface area contributed by atoms with Crippen molar-refractivity contribution < 1.29 is 9.59 Å². The number of rotatable bonds is 3. The third-order valence-corrected chi connectivity index (χ3v) is 4.91. The number of H-pyrrole nitrogens is 1. The number of fused-ring (bicyclic) bond motifs is 1. The summed E-state index contributed by atoms with van der Waals surface area (Å²) < 4.78 is 0. The molecule has 3 aromatic rings. The molecule has 0 bridgehead atoms. The number of para-hydroxylation sites is 1. The first kappa shape index (κ1) is 16.4. The highest BCUT2D eigenvalue weighted by molar-refractivity contribution is 5.93. The van der Waals surface area contributed by atoms with E-state index in [2.05, 4.69) is 10.3 Å². The summed E-state index contributed by atoms with van der Waals surface area (Å²) in [5.41, 5.74) is 3.90. The van der Waals surface area contributed by atoms with E-state index in [9.17, 15) is 9.59 Å². The number of aryl methyl sites for hydroxylation is 1. The molecule has 1 unspecified atom stereocenters. The van der Waals surface area contributed by atoms with Gasteiger partial charge in [0.15, 0.2) is 0 Å². The summed E-state index contributed by atoms with van der Waals surface area (Å²) in [5.74, 6) is -0.148. The summed E-state index contributed by atoms with van der Waals surface area (Å²) >= 11 is 0. The van der Waals surface area contributed by atoms with Gasteiger partial charge >= 0.3 is 0 Å². The van der Waals surface area contributed by atoms with Crippen molar-refractivity contribution in [3.63, 3.8) is 0 Å². The number of benzene rings is 2. The van der Waals surface area contributed by atoms with Crippen molar-refractivity contribution in [2.24, 2.45) is 0 Å². The maximum atomic E-state index is 13.1. The maximum Gasteiger partial charge on any atom is 0.247 e. The smallest absolute Gasteiger partial charge is 0.247 e. The van der Waals surface area contributed by atoms with Gasteiger partial charge in [-0.3, -0.25) is 9.59 Å². The first-order valence-corrected chi connectivity index (χ1v) is 8.82. The van der Waals surface area contributed by atoms with Crippen LogP contribution in [-0.2, 0) is 16.0 Å². The van der Waals surface area contributed by atoms with Gasteiger partial charge in [-0.1, -0.05) is 48.0 Å². The molecule has 2 N–H and O–H groups in total. The van der Waals surface area contributed by atoms with Crippen LogP contribution in [0.1, 0.15) is 22.7 Å². The van der Waals surface area contributed by atoms with Crippen molar-refractivity contribution in [2.75, 3.05) is 13.1 Å². The van der Waals surface area contributed by atoms with Gasteiger partial charge in [-0.25, -0.2) is 0 Å². The molecule has 1 saturated heterocycles. The van der Waals surface area contributed by atoms with Gasteiger partial charge in [-0.2, -0.15) is 0 Å². The van der Waals surface area contributed by atoms with E-state index in [0.717, 1.165) is 27.6 Å². The molecule has 5 nitrogen and oxygen atoms in total. The largest absolute Gasteiger partial charge is 0.361 e. The van der Waals surface area contributed by atoms with E-state index in [0.29, 0.717) is 13.1 Å². The molecule has 1 aromatic heterocycles. The van der Waals surface area contributed by atoms with Crippen LogP contribution in [0.5, 0.6) is 0 Å². The minimum Gasteiger partial charge on any atom is -0.361 e. The van der Waals surface area contributed by atoms with E-state index in [-0.39, 0.29) is 18.2 Å². The summed E-state index contributed by atoms with van der Waals surface area (Å²) in [6.45, 7) is 2.99. The molecule has 2 aromatic carbocycles. The summed E-state index contributed by atoms with van der Waals surface area (Å²) in [4.78, 5) is 30.5. The number of amides is 2. The van der Waals surface area contributed by atoms with E-state index in [1.807, 2.05) is 61.7 Å². The second kappa shape index (κ2) is 6.67. The standard InChI is InChI=1S/C21H21N3O2/c1-14-5-4-6-15(11-14)20-21(26)22-9-10-24(20)19(25)12-16-13-23-18-8-3-2-7-17(16)18/h2-8,11,13,20,23H,9-10,12H2,1H3,(H,22,26). The zero-order valence-electron chi connectivity index (χ0n) is 14.7. The van der Waals surface area contributed by atoms with Crippen LogP contribution in [0.2, 0.25) is 0 Å². The fraction of sp³-hybridized carbons (Fsp3) is 0.238. The van der Waals surface area contributed by atoms with Crippen LogP contribution >= 0.6 is 0 Å². The van der Waals surface area contributed by atoms with Gasteiger partial charge in [-0.15, -0.1) is 0 Å². The molecule has 26 heavy (non-hydrogen) atoms. The van der Waals surface area contributed by atoms with E-state index >= 15 is 0 Å². The number of carbonyl (C=O) groups excluding carboxylic acids is 2. The normalized spacial score (nSPS) is 17.3. The van der Waals surface area contributed by atoms with E-state index in [1.54, 1.807) is 4.90 Å². The Morgan fingerprint density at radius 3 is 2.88 bits per heavy atom. The number of piperazine rings is 1. The van der Waals surface area contributed by atoms with Gasteiger partial charge in [0, 0.05) is 30.2 Å². The Morgan fingerprint density at radius 2 is 2.04 bits per heavy atom. The second-order valence-electron chi connectivity index (χ2n) is 6.73. The van der Waals surface area contributed by atoms with Gasteiger partial charge < -0.3 is 15.2 Å². The maximum absolute atomic E-state index is 13.1. The molecule has 2 amide bonds. The zero-order chi connectivity index (χ0) is 18.1. The van der Waals surface area contributed by atoms with E-state index < -0.39 is 6.04 Å². The number of nitrogens with one attached hydrogen (secondary N) is 2. The highest BCUT2D eigenvalue weighted by Gasteiger charge is 2.34. The predicted molar refractivity (Wildman–Crippen MR) is 101 cm³/mol. The average Bonchev–Trinajstić information content (AvgIpc) is 3.04. The topological polar surface area (TPSA) is 65.2 Å². The molecule has 5 heteroatoms. The summed E-state index contributed by atoms with van der Waals surface area (Å²) in [6.07, 6.45) is 2.16. The molecule has 0 spiro atoms. The molecule has 1 atom stereocenters. The minimum atomic E-state index is -0.568. The third kappa shape index (κ3) is 2.96. The fourth-order valence-electron chi connectivity index (χ4n) is 3.65. The SMILES string of the molecule is Cc1cccc(C2C(=O)NCCN2C(=O)Cc2c[nH]c3ccccc23)c1. The summed E-state index contributed by atoms with van der Waals surface area (Å²) in [6, 6.07) is 15.2. The van der Waals surface area contributed by atoms with Gasteiger partial charge in [0.2, 0.25) is 11.8 Å². The second-order valence-corrected chi connectivity index (χ2v) is 6.73. The number of hydrogen-bond acceptors (Lipinski definition) is 2. The van der Waals surface area contributed by atoms with Crippen molar-refractivity contribution in [2.45, 2.75) is 19.4 Å². The molecule has 4 rings (SSSR count). The quantitative estimate of drug-likeness (QED) is 0.765. The predicted octanol–water partition coefficient (Wildman–Crippen LogP) is 2.72. The molecule has 0 radical (unpaired) electrons. The lowest BCUT2D eigenvalue weighted by atomic mass is 9.99. The van der Waals surface area contributed by atoms with E-state index in [4.69, 9.17) is 0 Å². The van der Waals surface area contributed by atoms with Gasteiger partial charge in [0.05, 0.1) is 6.42 Å². The molecule has 1 aliphatic rings. The van der Waals surface area contributed by atoms with Gasteiger partial charge in [0.25, 0.3) is 0 Å². The molecule has 1 aliphatic heterocycles. The molecular weight excluding hydrogens is 326 g/mol. The van der Waals surface area contributed by atoms with Gasteiger partial charge in [-0.05, 0) is 24.1 Å². The Morgan fingerprint density at radius 1 is 1.19 bits per heavy atom. The third-order valence-electron chi connectivity index (χ3n) is 4.91. The number of aromatic nitrogens is 1. The highest BCUT2D eigenvalue weighted by atomic mass is 16.2. The lowest BCUT2D eigenvalue weighted by molar-refractivity contribution is -0.143. The molecule has 0 saturated carbocycles. The molecule has 1 fully saturated rings. The number of carbonyl (C=O) groups is 2. The Labute approximate surface area is 152 Å². The Balaban J connectivity index is 1.63. The molecule has 132 valence electrons. The van der Waals surface area contributed by atoms with Crippen LogP contribution in [0.25, 0.3) is 10.9 Å². The first-order chi connectivity index (χ1) is 12.6. The van der Waals surface area contributed by atoms with E-state index in [1.165, 1.54) is 0 Å². The lowest BCUT2D eigenvalue weighted by Gasteiger charge is -2.35. The van der Waals surface area contributed by atoms with Crippen LogP contribution in [-0.4, -0.2) is 34.8 Å². The highest BCUT2D eigenvalue weighted by Crippen LogP contribution is 2.26. The fourth-order valence-corrected chi connectivity index (χ4v) is 3.65. The first-order valence-electron chi connectivity index (χ1n) is 8.82. The molecule has 2 heterocycles. The van der Waals surface area contributed by atoms with Crippen molar-refractivity contribution in [3.05, 3.63) is 71.4 Å². The van der Waals surface area contributed by atoms with Crippen LogP contribution < -0.4 is 5.32 Å². The van der Waals surface area contributed by atoms with Gasteiger partial charge in [0.1, 0.15) is 6.04 Å². The zero-order valence-corrected chi connectivity index (χ0v) is 14.7. The van der Waals surface area contributed by atoms with Crippen LogP contribution in [0.15, 0.2) is 54.7 Å². The number of aromatic amines is 1. The number of nitrogens with zero attached hydrogens (tertiary/aromatic N) is 1. The Hall–Kier alpha value is -3.08. The van der Waals surface area contributed by atoms with Crippen LogP contribution in [0, 0.1) is 6.92 Å². The van der Waals surface area contributed by atoms with Crippen molar-refractivity contribution in [3.8, 4) is 0 Å². The molecule has 0 aliphatic carbocycles. The average molecular weight is 347 g/mol. The van der Waals surface area contributed by atoms with Crippen LogP contribution in [0.3, 0.4) is 0 Å². The lowest BCUT2D eigenvalue weighted by Crippen LogP contribution is -2.52. The molecular formula is C21H21N3O2. The summed E-state index contributed by atoms with van der Waals surface area (Å²) in [5, 5.41) is 3.93.